The Balaban J connectivity index is 2.35. The van der Waals surface area contributed by atoms with E-state index in [1.54, 1.807) is 0 Å². The van der Waals surface area contributed by atoms with Crippen molar-refractivity contribution in [3.63, 3.8) is 0 Å². The SMILES string of the molecule is CCCC(NCC(=O)OC)C1CCCCC1. The summed E-state index contributed by atoms with van der Waals surface area (Å²) in [7, 11) is 1.44. The standard InChI is InChI=1S/C13H25NO2/c1-3-7-12(14-10-13(15)16-2)11-8-5-4-6-9-11/h11-12,14H,3-10H2,1-2H3. The molecule has 3 nitrogen and oxygen atoms in total. The zero-order valence-corrected chi connectivity index (χ0v) is 10.6. The van der Waals surface area contributed by atoms with E-state index >= 15 is 0 Å². The predicted molar refractivity (Wildman–Crippen MR) is 65.3 cm³/mol. The van der Waals surface area contributed by atoms with Gasteiger partial charge in [0, 0.05) is 6.04 Å². The average molecular weight is 227 g/mol. The molecular weight excluding hydrogens is 202 g/mol. The van der Waals surface area contributed by atoms with Gasteiger partial charge in [-0.05, 0) is 25.2 Å². The summed E-state index contributed by atoms with van der Waals surface area (Å²) in [4.78, 5) is 11.1. The van der Waals surface area contributed by atoms with Gasteiger partial charge < -0.3 is 10.1 Å². The quantitative estimate of drug-likeness (QED) is 0.709. The second kappa shape index (κ2) is 7.66. The molecule has 1 aliphatic rings. The molecule has 0 amide bonds. The predicted octanol–water partition coefficient (Wildman–Crippen LogP) is 2.50. The molecule has 0 spiro atoms. The Labute approximate surface area is 98.9 Å². The van der Waals surface area contributed by atoms with Crippen LogP contribution < -0.4 is 5.32 Å². The lowest BCUT2D eigenvalue weighted by Crippen LogP contribution is -2.40. The monoisotopic (exact) mass is 227 g/mol. The largest absolute Gasteiger partial charge is 0.468 e. The Morgan fingerprint density at radius 2 is 2.06 bits per heavy atom. The summed E-state index contributed by atoms with van der Waals surface area (Å²) in [5.41, 5.74) is 0. The van der Waals surface area contributed by atoms with Gasteiger partial charge in [-0.15, -0.1) is 0 Å². The van der Waals surface area contributed by atoms with E-state index in [1.165, 1.54) is 52.1 Å². The zero-order chi connectivity index (χ0) is 11.8. The van der Waals surface area contributed by atoms with Gasteiger partial charge in [-0.1, -0.05) is 32.6 Å². The molecule has 0 radical (unpaired) electrons. The molecule has 1 aliphatic carbocycles. The molecule has 0 aromatic carbocycles. The third-order valence-corrected chi connectivity index (χ3v) is 3.55. The maximum atomic E-state index is 11.1. The molecular formula is C13H25NO2. The third kappa shape index (κ3) is 4.52. The van der Waals surface area contributed by atoms with Crippen LogP contribution in [0.4, 0.5) is 0 Å². The molecule has 1 rings (SSSR count). The molecule has 1 saturated carbocycles. The Bertz CT molecular complexity index is 200. The maximum Gasteiger partial charge on any atom is 0.319 e. The Hall–Kier alpha value is -0.570. The molecule has 16 heavy (non-hydrogen) atoms. The molecule has 3 heteroatoms. The second-order valence-electron chi connectivity index (χ2n) is 4.75. The number of rotatable bonds is 6. The molecule has 1 fully saturated rings. The van der Waals surface area contributed by atoms with Crippen LogP contribution in [0.5, 0.6) is 0 Å². The van der Waals surface area contributed by atoms with Crippen LogP contribution in [0.15, 0.2) is 0 Å². The maximum absolute atomic E-state index is 11.1. The normalized spacial score (nSPS) is 19.4. The number of ether oxygens (including phenoxy) is 1. The summed E-state index contributed by atoms with van der Waals surface area (Å²) in [5, 5.41) is 3.37. The molecule has 0 heterocycles. The van der Waals surface area contributed by atoms with Gasteiger partial charge in [0.15, 0.2) is 0 Å². The van der Waals surface area contributed by atoms with Crippen LogP contribution in [0.1, 0.15) is 51.9 Å². The Morgan fingerprint density at radius 1 is 1.38 bits per heavy atom. The lowest BCUT2D eigenvalue weighted by atomic mass is 9.82. The lowest BCUT2D eigenvalue weighted by molar-refractivity contribution is -0.139. The van der Waals surface area contributed by atoms with Gasteiger partial charge >= 0.3 is 5.97 Å². The van der Waals surface area contributed by atoms with Gasteiger partial charge in [-0.2, -0.15) is 0 Å². The molecule has 1 N–H and O–H groups in total. The zero-order valence-electron chi connectivity index (χ0n) is 10.6. The first kappa shape index (κ1) is 13.5. The van der Waals surface area contributed by atoms with Crippen molar-refractivity contribution in [1.82, 2.24) is 5.32 Å². The van der Waals surface area contributed by atoms with E-state index in [0.717, 1.165) is 5.92 Å². The molecule has 0 aromatic heterocycles. The number of nitrogens with one attached hydrogen (secondary N) is 1. The van der Waals surface area contributed by atoms with Crippen LogP contribution in [0.25, 0.3) is 0 Å². The van der Waals surface area contributed by atoms with E-state index < -0.39 is 0 Å². The van der Waals surface area contributed by atoms with Crippen LogP contribution in [0.3, 0.4) is 0 Å². The van der Waals surface area contributed by atoms with Crippen molar-refractivity contribution in [1.29, 1.82) is 0 Å². The summed E-state index contributed by atoms with van der Waals surface area (Å²) in [6.07, 6.45) is 9.07. The minimum Gasteiger partial charge on any atom is -0.468 e. The minimum atomic E-state index is -0.156. The topological polar surface area (TPSA) is 38.3 Å². The van der Waals surface area contributed by atoms with Gasteiger partial charge in [0.25, 0.3) is 0 Å². The molecule has 1 unspecified atom stereocenters. The first-order chi connectivity index (χ1) is 7.77. The second-order valence-corrected chi connectivity index (χ2v) is 4.75. The number of methoxy groups -OCH3 is 1. The number of carbonyl (C=O) groups is 1. The smallest absolute Gasteiger partial charge is 0.319 e. The first-order valence-electron chi connectivity index (χ1n) is 6.58. The van der Waals surface area contributed by atoms with E-state index in [1.807, 2.05) is 0 Å². The molecule has 0 bridgehead atoms. The third-order valence-electron chi connectivity index (χ3n) is 3.55. The van der Waals surface area contributed by atoms with Gasteiger partial charge in [0.05, 0.1) is 13.7 Å². The Kier molecular flexibility index (Phi) is 6.46. The summed E-state index contributed by atoms with van der Waals surface area (Å²) < 4.78 is 4.66. The summed E-state index contributed by atoms with van der Waals surface area (Å²) in [6, 6.07) is 0.504. The Morgan fingerprint density at radius 3 is 2.62 bits per heavy atom. The van der Waals surface area contributed by atoms with Gasteiger partial charge in [0.2, 0.25) is 0 Å². The molecule has 0 saturated heterocycles. The highest BCUT2D eigenvalue weighted by Crippen LogP contribution is 2.28. The van der Waals surface area contributed by atoms with Crippen LogP contribution in [0.2, 0.25) is 0 Å². The van der Waals surface area contributed by atoms with E-state index in [0.29, 0.717) is 12.6 Å². The van der Waals surface area contributed by atoms with Crippen LogP contribution in [0, 0.1) is 5.92 Å². The highest BCUT2D eigenvalue weighted by molar-refractivity contribution is 5.71. The van der Waals surface area contributed by atoms with Crippen molar-refractivity contribution in [2.75, 3.05) is 13.7 Å². The van der Waals surface area contributed by atoms with Crippen LogP contribution >= 0.6 is 0 Å². The summed E-state index contributed by atoms with van der Waals surface area (Å²) >= 11 is 0. The molecule has 1 atom stereocenters. The van der Waals surface area contributed by atoms with Gasteiger partial charge in [-0.3, -0.25) is 4.79 Å². The fourth-order valence-corrected chi connectivity index (χ4v) is 2.64. The van der Waals surface area contributed by atoms with Crippen LogP contribution in [-0.2, 0) is 9.53 Å². The number of hydrogen-bond acceptors (Lipinski definition) is 3. The van der Waals surface area contributed by atoms with Crippen molar-refractivity contribution in [2.24, 2.45) is 5.92 Å². The molecule has 0 aliphatic heterocycles. The fraction of sp³-hybridized carbons (Fsp3) is 0.923. The number of esters is 1. The van der Waals surface area contributed by atoms with E-state index in [2.05, 4.69) is 17.0 Å². The van der Waals surface area contributed by atoms with E-state index in [-0.39, 0.29) is 5.97 Å². The van der Waals surface area contributed by atoms with E-state index in [9.17, 15) is 4.79 Å². The fourth-order valence-electron chi connectivity index (χ4n) is 2.64. The van der Waals surface area contributed by atoms with Crippen molar-refractivity contribution in [3.05, 3.63) is 0 Å². The van der Waals surface area contributed by atoms with Crippen LogP contribution in [-0.4, -0.2) is 25.7 Å². The van der Waals surface area contributed by atoms with Gasteiger partial charge in [-0.25, -0.2) is 0 Å². The number of carbonyl (C=O) groups excluding carboxylic acids is 1. The van der Waals surface area contributed by atoms with E-state index in [4.69, 9.17) is 0 Å². The van der Waals surface area contributed by atoms with Crippen molar-refractivity contribution >= 4 is 5.97 Å². The first-order valence-corrected chi connectivity index (χ1v) is 6.58. The average Bonchev–Trinajstić information content (AvgIpc) is 2.35. The van der Waals surface area contributed by atoms with Crippen molar-refractivity contribution < 1.29 is 9.53 Å². The summed E-state index contributed by atoms with van der Waals surface area (Å²) in [6.45, 7) is 2.56. The molecule has 94 valence electrons. The van der Waals surface area contributed by atoms with Crippen molar-refractivity contribution in [3.8, 4) is 0 Å². The highest BCUT2D eigenvalue weighted by Gasteiger charge is 2.23. The number of hydrogen-bond donors (Lipinski definition) is 1. The minimum absolute atomic E-state index is 0.156. The highest BCUT2D eigenvalue weighted by atomic mass is 16.5. The summed E-state index contributed by atoms with van der Waals surface area (Å²) in [5.74, 6) is 0.607. The molecule has 0 aromatic rings. The van der Waals surface area contributed by atoms with Crippen molar-refractivity contribution in [2.45, 2.75) is 57.9 Å². The lowest BCUT2D eigenvalue weighted by Gasteiger charge is -2.30. The van der Waals surface area contributed by atoms with Gasteiger partial charge in [0.1, 0.15) is 0 Å².